The van der Waals surface area contributed by atoms with E-state index in [1.165, 1.54) is 17.0 Å². The number of anilines is 1. The minimum atomic E-state index is -1.53. The van der Waals surface area contributed by atoms with Crippen molar-refractivity contribution in [1.29, 1.82) is 0 Å². The highest BCUT2D eigenvalue weighted by Gasteiger charge is 2.29. The van der Waals surface area contributed by atoms with Crippen LogP contribution in [0.25, 0.3) is 0 Å². The number of hydrogen-bond donors (Lipinski definition) is 3. The standard InChI is InChI=1S/C13H13FN2O5/c14-8-2-1-7-3-4-16(10(7)5-8)13(21)15-9(12(19)20)6-11(17)18/h1-2,5,9H,3-4,6H2,(H,15,21)(H,17,18)(H,19,20)/t9-/m0/s1. The topological polar surface area (TPSA) is 107 Å². The number of amides is 2. The van der Waals surface area contributed by atoms with Crippen LogP contribution in [0.1, 0.15) is 12.0 Å². The average molecular weight is 296 g/mol. The Labute approximate surface area is 119 Å². The Balaban J connectivity index is 2.13. The lowest BCUT2D eigenvalue weighted by Crippen LogP contribution is -2.48. The van der Waals surface area contributed by atoms with Gasteiger partial charge in [-0.3, -0.25) is 9.69 Å². The summed E-state index contributed by atoms with van der Waals surface area (Å²) in [6.45, 7) is 0.282. The number of carbonyl (C=O) groups is 3. The molecular formula is C13H13FN2O5. The Morgan fingerprint density at radius 3 is 2.67 bits per heavy atom. The van der Waals surface area contributed by atoms with Crippen molar-refractivity contribution in [3.63, 3.8) is 0 Å². The third-order valence-corrected chi connectivity index (χ3v) is 3.16. The molecule has 1 aliphatic rings. The Kier molecular flexibility index (Phi) is 4.06. The fraction of sp³-hybridized carbons (Fsp3) is 0.308. The maximum atomic E-state index is 13.2. The first-order chi connectivity index (χ1) is 9.88. The van der Waals surface area contributed by atoms with Crippen molar-refractivity contribution in [3.05, 3.63) is 29.6 Å². The molecule has 0 fully saturated rings. The lowest BCUT2D eigenvalue weighted by atomic mass is 10.2. The molecule has 3 N–H and O–H groups in total. The van der Waals surface area contributed by atoms with E-state index in [0.29, 0.717) is 12.1 Å². The van der Waals surface area contributed by atoms with Crippen molar-refractivity contribution in [1.82, 2.24) is 5.32 Å². The molecule has 0 aromatic heterocycles. The van der Waals surface area contributed by atoms with Crippen LogP contribution in [-0.2, 0) is 16.0 Å². The zero-order chi connectivity index (χ0) is 15.6. The molecule has 8 heteroatoms. The first-order valence-electron chi connectivity index (χ1n) is 6.19. The molecule has 1 aromatic carbocycles. The quantitative estimate of drug-likeness (QED) is 0.762. The summed E-state index contributed by atoms with van der Waals surface area (Å²) in [5.74, 6) is -3.28. The highest BCUT2D eigenvalue weighted by molar-refractivity contribution is 5.97. The Bertz CT molecular complexity index is 604. The third-order valence-electron chi connectivity index (χ3n) is 3.16. The number of carboxylic acid groups (broad SMARTS) is 2. The number of halogens is 1. The zero-order valence-electron chi connectivity index (χ0n) is 10.9. The van der Waals surface area contributed by atoms with E-state index in [1.54, 1.807) is 6.07 Å². The van der Waals surface area contributed by atoms with Gasteiger partial charge in [-0.2, -0.15) is 0 Å². The molecular weight excluding hydrogens is 283 g/mol. The molecule has 2 rings (SSSR count). The summed E-state index contributed by atoms with van der Waals surface area (Å²) in [7, 11) is 0. The van der Waals surface area contributed by atoms with Gasteiger partial charge in [0.1, 0.15) is 11.9 Å². The summed E-state index contributed by atoms with van der Waals surface area (Å²) in [6, 6.07) is 1.74. The van der Waals surface area contributed by atoms with Crippen LogP contribution >= 0.6 is 0 Å². The van der Waals surface area contributed by atoms with Crippen molar-refractivity contribution in [2.24, 2.45) is 0 Å². The number of fused-ring (bicyclic) bond motifs is 1. The molecule has 0 saturated carbocycles. The maximum absolute atomic E-state index is 13.2. The summed E-state index contributed by atoms with van der Waals surface area (Å²) in [6.07, 6.45) is -0.204. The smallest absolute Gasteiger partial charge is 0.326 e. The van der Waals surface area contributed by atoms with E-state index in [2.05, 4.69) is 5.32 Å². The van der Waals surface area contributed by atoms with Gasteiger partial charge in [0.15, 0.2) is 0 Å². The van der Waals surface area contributed by atoms with Crippen LogP contribution < -0.4 is 10.2 Å². The molecule has 21 heavy (non-hydrogen) atoms. The molecule has 112 valence electrons. The molecule has 0 unspecified atom stereocenters. The van der Waals surface area contributed by atoms with Crippen LogP contribution in [0.15, 0.2) is 18.2 Å². The predicted molar refractivity (Wildman–Crippen MR) is 69.7 cm³/mol. The van der Waals surface area contributed by atoms with Gasteiger partial charge in [-0.1, -0.05) is 6.07 Å². The fourth-order valence-corrected chi connectivity index (χ4v) is 2.16. The molecule has 1 atom stereocenters. The summed E-state index contributed by atoms with van der Waals surface area (Å²) < 4.78 is 13.2. The first kappa shape index (κ1) is 14.8. The van der Waals surface area contributed by atoms with E-state index in [-0.39, 0.29) is 6.54 Å². The van der Waals surface area contributed by atoms with Crippen LogP contribution in [0.5, 0.6) is 0 Å². The van der Waals surface area contributed by atoms with Crippen LogP contribution in [0.2, 0.25) is 0 Å². The van der Waals surface area contributed by atoms with Gasteiger partial charge in [-0.25, -0.2) is 14.0 Å². The maximum Gasteiger partial charge on any atom is 0.326 e. The minimum absolute atomic E-state index is 0.282. The van der Waals surface area contributed by atoms with Crippen LogP contribution in [0.4, 0.5) is 14.9 Å². The predicted octanol–water partition coefficient (Wildman–Crippen LogP) is 0.826. The van der Waals surface area contributed by atoms with Gasteiger partial charge in [-0.05, 0) is 24.1 Å². The van der Waals surface area contributed by atoms with E-state index in [0.717, 1.165) is 5.56 Å². The van der Waals surface area contributed by atoms with E-state index in [1.807, 2.05) is 0 Å². The van der Waals surface area contributed by atoms with Gasteiger partial charge in [0.2, 0.25) is 0 Å². The van der Waals surface area contributed by atoms with Gasteiger partial charge < -0.3 is 15.5 Å². The van der Waals surface area contributed by atoms with Crippen LogP contribution in [0, 0.1) is 5.82 Å². The minimum Gasteiger partial charge on any atom is -0.481 e. The Morgan fingerprint density at radius 1 is 1.33 bits per heavy atom. The second kappa shape index (κ2) is 5.78. The molecule has 1 heterocycles. The van der Waals surface area contributed by atoms with Crippen LogP contribution in [-0.4, -0.2) is 40.8 Å². The number of nitrogens with one attached hydrogen (secondary N) is 1. The summed E-state index contributed by atoms with van der Waals surface area (Å²) in [4.78, 5) is 34.8. The number of rotatable bonds is 4. The number of carbonyl (C=O) groups excluding carboxylic acids is 1. The normalized spacial score (nSPS) is 14.4. The number of carboxylic acids is 2. The van der Waals surface area contributed by atoms with Crippen molar-refractivity contribution in [3.8, 4) is 0 Å². The van der Waals surface area contributed by atoms with Gasteiger partial charge in [-0.15, -0.1) is 0 Å². The molecule has 1 aromatic rings. The first-order valence-corrected chi connectivity index (χ1v) is 6.19. The van der Waals surface area contributed by atoms with Gasteiger partial charge >= 0.3 is 18.0 Å². The lowest BCUT2D eigenvalue weighted by molar-refractivity contribution is -0.145. The average Bonchev–Trinajstić information content (AvgIpc) is 2.80. The van der Waals surface area contributed by atoms with Gasteiger partial charge in [0, 0.05) is 6.54 Å². The van der Waals surface area contributed by atoms with Crippen LogP contribution in [0.3, 0.4) is 0 Å². The molecule has 1 aliphatic heterocycles. The highest BCUT2D eigenvalue weighted by Crippen LogP contribution is 2.28. The summed E-state index contributed by atoms with van der Waals surface area (Å²) >= 11 is 0. The summed E-state index contributed by atoms with van der Waals surface area (Å²) in [5.41, 5.74) is 1.14. The lowest BCUT2D eigenvalue weighted by Gasteiger charge is -2.20. The second-order valence-corrected chi connectivity index (χ2v) is 4.61. The van der Waals surface area contributed by atoms with E-state index in [9.17, 15) is 18.8 Å². The molecule has 2 amide bonds. The molecule has 0 radical (unpaired) electrons. The van der Waals surface area contributed by atoms with Gasteiger partial charge in [0.05, 0.1) is 12.1 Å². The molecule has 0 saturated heterocycles. The number of hydrogen-bond acceptors (Lipinski definition) is 3. The molecule has 7 nitrogen and oxygen atoms in total. The van der Waals surface area contributed by atoms with Crippen molar-refractivity contribution in [2.45, 2.75) is 18.9 Å². The molecule has 0 aliphatic carbocycles. The summed E-state index contributed by atoms with van der Waals surface area (Å²) in [5, 5.41) is 19.7. The monoisotopic (exact) mass is 296 g/mol. The molecule has 0 bridgehead atoms. The molecule has 0 spiro atoms. The van der Waals surface area contributed by atoms with Crippen molar-refractivity contribution in [2.75, 3.05) is 11.4 Å². The van der Waals surface area contributed by atoms with Crippen molar-refractivity contribution < 1.29 is 29.0 Å². The van der Waals surface area contributed by atoms with E-state index >= 15 is 0 Å². The highest BCUT2D eigenvalue weighted by atomic mass is 19.1. The Hall–Kier alpha value is -2.64. The number of nitrogens with zero attached hydrogens (tertiary/aromatic N) is 1. The SMILES string of the molecule is O=C(O)C[C@H](NC(=O)N1CCc2ccc(F)cc21)C(=O)O. The zero-order valence-corrected chi connectivity index (χ0v) is 10.9. The van der Waals surface area contributed by atoms with E-state index in [4.69, 9.17) is 10.2 Å². The number of urea groups is 1. The van der Waals surface area contributed by atoms with Crippen molar-refractivity contribution >= 4 is 23.7 Å². The van der Waals surface area contributed by atoms with E-state index < -0.39 is 36.2 Å². The fourth-order valence-electron chi connectivity index (χ4n) is 2.16. The largest absolute Gasteiger partial charge is 0.481 e. The van der Waals surface area contributed by atoms with Gasteiger partial charge in [0.25, 0.3) is 0 Å². The number of aliphatic carboxylic acids is 2. The second-order valence-electron chi connectivity index (χ2n) is 4.61. The third kappa shape index (κ3) is 3.28. The number of benzene rings is 1. The Morgan fingerprint density at radius 2 is 2.05 bits per heavy atom.